The van der Waals surface area contributed by atoms with Crippen LogP contribution in [-0.2, 0) is 38.6 Å². The van der Waals surface area contributed by atoms with E-state index in [-0.39, 0.29) is 23.0 Å². The van der Waals surface area contributed by atoms with Gasteiger partial charge in [-0.25, -0.2) is 19.6 Å². The first-order valence-electron chi connectivity index (χ1n) is 18.7. The van der Waals surface area contributed by atoms with E-state index in [2.05, 4.69) is 30.0 Å². The van der Waals surface area contributed by atoms with Crippen molar-refractivity contribution in [2.45, 2.75) is 76.8 Å². The van der Waals surface area contributed by atoms with Gasteiger partial charge in [0.25, 0.3) is 17.9 Å². The lowest BCUT2D eigenvalue weighted by atomic mass is 9.84. The maximum atomic E-state index is 13.3. The Morgan fingerprint density at radius 2 is 1.83 bits per heavy atom. The highest BCUT2D eigenvalue weighted by atomic mass is 32.3. The SMILES string of the molecule is CC(C)(C)OC(=O)N1CC(CN2CCC(Nc3ccc4cc(OC[C@H](O/N=C(\C(=O)N[C@@H]5C(=O)N(OS(=O)(=O)O)C5(C)C)c5csc(N)n5)C(=O)O)ccc4n3)CC2)C1. The molecule has 3 amide bonds. The van der Waals surface area contributed by atoms with Crippen LogP contribution in [0.2, 0.25) is 0 Å². The molecule has 21 nitrogen and oxygen atoms in total. The summed E-state index contributed by atoms with van der Waals surface area (Å²) in [7, 11) is -5.03. The summed E-state index contributed by atoms with van der Waals surface area (Å²) in [5.74, 6) is -2.00. The molecule has 3 fully saturated rings. The number of ether oxygens (including phenoxy) is 2. The number of aromatic nitrogens is 2. The van der Waals surface area contributed by atoms with E-state index in [1.165, 1.54) is 19.2 Å². The molecule has 0 bridgehead atoms. The van der Waals surface area contributed by atoms with Crippen LogP contribution in [0.3, 0.4) is 0 Å². The van der Waals surface area contributed by atoms with Crippen LogP contribution in [0.4, 0.5) is 15.7 Å². The maximum absolute atomic E-state index is 13.3. The summed E-state index contributed by atoms with van der Waals surface area (Å²) in [6, 6.07) is 7.72. The molecule has 2 aromatic heterocycles. The Kier molecular flexibility index (Phi) is 12.5. The number of oxime groups is 1. The van der Waals surface area contributed by atoms with Gasteiger partial charge in [0, 0.05) is 55.4 Å². The van der Waals surface area contributed by atoms with Gasteiger partial charge in [-0.05, 0) is 77.8 Å². The summed E-state index contributed by atoms with van der Waals surface area (Å²) in [5, 5.41) is 22.1. The zero-order chi connectivity index (χ0) is 42.9. The summed E-state index contributed by atoms with van der Waals surface area (Å²) in [5.41, 5.74) is 3.86. The summed E-state index contributed by atoms with van der Waals surface area (Å²) in [4.78, 5) is 68.5. The van der Waals surface area contributed by atoms with Crippen LogP contribution >= 0.6 is 11.3 Å². The topological polar surface area (TPSA) is 278 Å². The van der Waals surface area contributed by atoms with Crippen molar-refractivity contribution in [2.75, 3.05) is 50.4 Å². The van der Waals surface area contributed by atoms with Gasteiger partial charge in [0.2, 0.25) is 0 Å². The van der Waals surface area contributed by atoms with E-state index >= 15 is 0 Å². The average Bonchev–Trinajstić information content (AvgIpc) is 3.56. The zero-order valence-electron chi connectivity index (χ0n) is 33.0. The van der Waals surface area contributed by atoms with E-state index in [4.69, 9.17) is 29.6 Å². The fourth-order valence-electron chi connectivity index (χ4n) is 6.72. The predicted octanol–water partition coefficient (Wildman–Crippen LogP) is 2.11. The maximum Gasteiger partial charge on any atom is 0.418 e. The van der Waals surface area contributed by atoms with E-state index in [1.807, 2.05) is 32.9 Å². The zero-order valence-corrected chi connectivity index (χ0v) is 34.6. The number of β-lactam (4-membered cyclic amide) rings is 1. The second kappa shape index (κ2) is 17.1. The number of carbonyl (C=O) groups excluding carboxylic acids is 3. The first kappa shape index (κ1) is 43.2. The van der Waals surface area contributed by atoms with Crippen LogP contribution in [0.25, 0.3) is 10.9 Å². The van der Waals surface area contributed by atoms with Crippen molar-refractivity contribution in [3.8, 4) is 5.75 Å². The smallest absolute Gasteiger partial charge is 0.418 e. The van der Waals surface area contributed by atoms with Crippen molar-refractivity contribution in [2.24, 2.45) is 11.1 Å². The largest absolute Gasteiger partial charge is 0.489 e. The van der Waals surface area contributed by atoms with Crippen LogP contribution in [0.15, 0.2) is 40.9 Å². The number of rotatable bonds is 15. The van der Waals surface area contributed by atoms with E-state index in [9.17, 15) is 32.7 Å². The summed E-state index contributed by atoms with van der Waals surface area (Å²) in [6.45, 7) is 12.0. The number of nitrogen functional groups attached to an aromatic ring is 1. The van der Waals surface area contributed by atoms with Gasteiger partial charge in [-0.15, -0.1) is 15.6 Å². The Balaban J connectivity index is 1.01. The van der Waals surface area contributed by atoms with Crippen molar-refractivity contribution in [1.82, 2.24) is 30.1 Å². The van der Waals surface area contributed by atoms with Gasteiger partial charge in [0.05, 0.1) is 11.1 Å². The van der Waals surface area contributed by atoms with E-state index in [0.717, 1.165) is 55.0 Å². The number of nitrogens with zero attached hydrogens (tertiary/aromatic N) is 6. The third-order valence-electron chi connectivity index (χ3n) is 9.77. The second-order valence-electron chi connectivity index (χ2n) is 16.0. The Labute approximate surface area is 343 Å². The number of nitrogens with one attached hydrogen (secondary N) is 2. The van der Waals surface area contributed by atoms with Crippen LogP contribution in [-0.4, -0.2) is 141 Å². The number of hydroxylamine groups is 2. The molecule has 3 saturated heterocycles. The van der Waals surface area contributed by atoms with E-state index in [1.54, 1.807) is 23.1 Å². The first-order chi connectivity index (χ1) is 27.6. The number of piperidine rings is 1. The predicted molar refractivity (Wildman–Crippen MR) is 213 cm³/mol. The standard InChI is InChI=1S/C36H47N9O12S2/c1-35(2,3)55-34(50)44-16-20(17-44)15-43-12-10-22(11-13-43)38-27-9-6-21-14-23(7-8-24(21)39-27)54-18-26(32(48)49)56-42-28(25-19-58-33(37)40-25)30(46)41-29-31(47)45(36(29,4)5)57-59(51,52)53/h6-9,14,19-20,22,26,29H,10-13,15-18H2,1-5H3,(H2,37,40)(H,38,39)(H,41,46)(H,48,49)(H,51,52,53)/b42-28-/t26-,29+/m0/s1. The van der Waals surface area contributed by atoms with Gasteiger partial charge in [0.1, 0.15) is 35.5 Å². The normalized spacial score (nSPS) is 19.7. The third kappa shape index (κ3) is 10.8. The minimum Gasteiger partial charge on any atom is -0.489 e. The molecule has 23 heteroatoms. The molecule has 3 aliphatic rings. The number of pyridine rings is 1. The monoisotopic (exact) mass is 861 g/mol. The molecule has 0 unspecified atom stereocenters. The number of carbonyl (C=O) groups is 4. The van der Waals surface area contributed by atoms with Crippen LogP contribution in [0, 0.1) is 5.92 Å². The highest BCUT2D eigenvalue weighted by Crippen LogP contribution is 2.33. The van der Waals surface area contributed by atoms with Gasteiger partial charge < -0.3 is 45.6 Å². The van der Waals surface area contributed by atoms with Gasteiger partial charge >= 0.3 is 22.5 Å². The summed E-state index contributed by atoms with van der Waals surface area (Å²) < 4.78 is 46.8. The van der Waals surface area contributed by atoms with Crippen molar-refractivity contribution in [1.29, 1.82) is 0 Å². The third-order valence-corrected chi connectivity index (χ3v) is 10.8. The second-order valence-corrected chi connectivity index (χ2v) is 17.9. The number of likely N-dealkylation sites (tertiary alicyclic amines) is 2. The number of fused-ring (bicyclic) bond motifs is 1. The number of thiazole rings is 1. The number of hydrogen-bond donors (Lipinski definition) is 5. The van der Waals surface area contributed by atoms with E-state index in [0.29, 0.717) is 35.3 Å². The fourth-order valence-corrected chi connectivity index (χ4v) is 7.73. The minimum absolute atomic E-state index is 0.0525. The number of carboxylic acid groups (broad SMARTS) is 1. The molecule has 6 N–H and O–H groups in total. The minimum atomic E-state index is -5.03. The van der Waals surface area contributed by atoms with Crippen molar-refractivity contribution in [3.63, 3.8) is 0 Å². The Bertz CT molecular complexity index is 2210. The molecular formula is C36H47N9O12S2. The molecule has 0 aliphatic carbocycles. The molecule has 6 rings (SSSR count). The first-order valence-corrected chi connectivity index (χ1v) is 20.9. The molecule has 3 aromatic rings. The van der Waals surface area contributed by atoms with Crippen molar-refractivity contribution < 1.29 is 55.9 Å². The Morgan fingerprint density at radius 1 is 1.12 bits per heavy atom. The number of hydrogen-bond acceptors (Lipinski definition) is 17. The highest BCUT2D eigenvalue weighted by molar-refractivity contribution is 7.80. The quantitative estimate of drug-likeness (QED) is 0.0633. The molecule has 59 heavy (non-hydrogen) atoms. The van der Waals surface area contributed by atoms with Crippen LogP contribution < -0.4 is 21.1 Å². The molecule has 2 atom stereocenters. The number of nitrogens with two attached hydrogens (primary N) is 1. The lowest BCUT2D eigenvalue weighted by Gasteiger charge is -2.50. The number of amides is 3. The molecule has 0 radical (unpaired) electrons. The summed E-state index contributed by atoms with van der Waals surface area (Å²) in [6.07, 6.45) is -0.0709. The molecule has 320 valence electrons. The number of anilines is 2. The van der Waals surface area contributed by atoms with Crippen LogP contribution in [0.1, 0.15) is 53.2 Å². The Hall–Kier alpha value is -5.36. The summed E-state index contributed by atoms with van der Waals surface area (Å²) >= 11 is 0.957. The van der Waals surface area contributed by atoms with Crippen molar-refractivity contribution >= 4 is 73.2 Å². The molecular weight excluding hydrogens is 815 g/mol. The van der Waals surface area contributed by atoms with Crippen LogP contribution in [0.5, 0.6) is 5.75 Å². The van der Waals surface area contributed by atoms with Gasteiger partial charge in [0.15, 0.2) is 10.8 Å². The average molecular weight is 862 g/mol. The lowest BCUT2D eigenvalue weighted by Crippen LogP contribution is -2.76. The molecule has 3 aliphatic heterocycles. The highest BCUT2D eigenvalue weighted by Gasteiger charge is 2.58. The number of benzene rings is 1. The van der Waals surface area contributed by atoms with Gasteiger partial charge in [-0.3, -0.25) is 14.1 Å². The molecule has 0 saturated carbocycles. The number of carboxylic acids is 1. The van der Waals surface area contributed by atoms with Crippen molar-refractivity contribution in [3.05, 3.63) is 41.4 Å². The van der Waals surface area contributed by atoms with Gasteiger partial charge in [-0.1, -0.05) is 5.16 Å². The number of aliphatic carboxylic acids is 1. The lowest BCUT2D eigenvalue weighted by molar-refractivity contribution is -0.218. The molecule has 0 spiro atoms. The molecule has 1 aromatic carbocycles. The fraction of sp³-hybridized carbons (Fsp3) is 0.528. The molecule has 5 heterocycles. The van der Waals surface area contributed by atoms with Gasteiger partial charge in [-0.2, -0.15) is 13.5 Å². The Morgan fingerprint density at radius 3 is 2.44 bits per heavy atom. The van der Waals surface area contributed by atoms with E-state index < -0.39 is 63.8 Å².